The maximum atomic E-state index is 13.4. The quantitative estimate of drug-likeness (QED) is 0.361. The van der Waals surface area contributed by atoms with E-state index >= 15 is 0 Å². The number of carbonyl (C=O) groups excluding carboxylic acids is 1. The highest BCUT2D eigenvalue weighted by atomic mass is 127. The molecule has 0 radical (unpaired) electrons. The van der Waals surface area contributed by atoms with Crippen LogP contribution in [0.25, 0.3) is 10.2 Å². The first-order chi connectivity index (χ1) is 13.1. The molecular weight excluding hydrogens is 469 g/mol. The summed E-state index contributed by atoms with van der Waals surface area (Å²) in [5.74, 6) is -0.0550. The number of benzene rings is 2. The molecule has 0 aliphatic carbocycles. The Hall–Kier alpha value is -2.32. The summed E-state index contributed by atoms with van der Waals surface area (Å²) in [6.45, 7) is 2.47. The van der Waals surface area contributed by atoms with E-state index in [1.54, 1.807) is 17.3 Å². The molecule has 4 rings (SSSR count). The minimum absolute atomic E-state index is 0.0550. The molecule has 0 aliphatic heterocycles. The first-order valence-electron chi connectivity index (χ1n) is 8.45. The first-order valence-corrected chi connectivity index (χ1v) is 10.3. The van der Waals surface area contributed by atoms with Crippen LogP contribution in [0.2, 0.25) is 0 Å². The number of para-hydroxylation sites is 1. The molecule has 0 aliphatic rings. The van der Waals surface area contributed by atoms with E-state index in [1.807, 2.05) is 61.5 Å². The van der Waals surface area contributed by atoms with Crippen LogP contribution in [-0.2, 0) is 6.54 Å². The average Bonchev–Trinajstić information content (AvgIpc) is 3.12. The molecule has 2 heterocycles. The topological polar surface area (TPSA) is 46.1 Å². The zero-order valence-electron chi connectivity index (χ0n) is 14.6. The van der Waals surface area contributed by atoms with Crippen molar-refractivity contribution in [3.8, 4) is 0 Å². The van der Waals surface area contributed by atoms with Crippen molar-refractivity contribution < 1.29 is 4.79 Å². The molecule has 0 unspecified atom stereocenters. The third-order valence-electron chi connectivity index (χ3n) is 4.25. The summed E-state index contributed by atoms with van der Waals surface area (Å²) < 4.78 is 2.00. The normalized spacial score (nSPS) is 10.9. The Labute approximate surface area is 175 Å². The molecule has 6 heteroatoms. The van der Waals surface area contributed by atoms with Crippen molar-refractivity contribution >= 4 is 55.2 Å². The van der Waals surface area contributed by atoms with E-state index in [2.05, 4.69) is 27.6 Å². The molecule has 27 heavy (non-hydrogen) atoms. The Morgan fingerprint density at radius 3 is 2.70 bits per heavy atom. The number of pyridine rings is 1. The minimum Gasteiger partial charge on any atom is -0.279 e. The second-order valence-electron chi connectivity index (χ2n) is 6.15. The Morgan fingerprint density at radius 2 is 1.96 bits per heavy atom. The summed E-state index contributed by atoms with van der Waals surface area (Å²) in [4.78, 5) is 24.1. The number of carbonyl (C=O) groups is 1. The van der Waals surface area contributed by atoms with Gasteiger partial charge in [0.05, 0.1) is 22.3 Å². The van der Waals surface area contributed by atoms with Crippen molar-refractivity contribution in [1.29, 1.82) is 0 Å². The van der Waals surface area contributed by atoms with Crippen molar-refractivity contribution in [2.24, 2.45) is 0 Å². The average molecular weight is 485 g/mol. The molecule has 0 saturated heterocycles. The molecule has 4 nitrogen and oxygen atoms in total. The highest BCUT2D eigenvalue weighted by Gasteiger charge is 2.23. The summed E-state index contributed by atoms with van der Waals surface area (Å²) in [5.41, 5.74) is 3.70. The lowest BCUT2D eigenvalue weighted by Crippen LogP contribution is -2.31. The third kappa shape index (κ3) is 3.72. The van der Waals surface area contributed by atoms with Crippen molar-refractivity contribution in [3.05, 3.63) is 87.3 Å². The van der Waals surface area contributed by atoms with Crippen molar-refractivity contribution in [3.63, 3.8) is 0 Å². The van der Waals surface area contributed by atoms with Gasteiger partial charge in [-0.25, -0.2) is 4.98 Å². The van der Waals surface area contributed by atoms with Gasteiger partial charge in [0.1, 0.15) is 0 Å². The van der Waals surface area contributed by atoms with Crippen LogP contribution in [-0.4, -0.2) is 15.9 Å². The summed E-state index contributed by atoms with van der Waals surface area (Å²) >= 11 is 3.74. The van der Waals surface area contributed by atoms with Gasteiger partial charge in [-0.05, 0) is 64.9 Å². The number of nitrogens with zero attached hydrogens (tertiary/aromatic N) is 3. The van der Waals surface area contributed by atoms with Crippen LogP contribution in [0, 0.1) is 10.5 Å². The number of amides is 1. The summed E-state index contributed by atoms with van der Waals surface area (Å²) in [5, 5.41) is 0.702. The van der Waals surface area contributed by atoms with Gasteiger partial charge in [-0.15, -0.1) is 0 Å². The van der Waals surface area contributed by atoms with E-state index in [4.69, 9.17) is 4.98 Å². The van der Waals surface area contributed by atoms with Crippen LogP contribution in [0.15, 0.2) is 67.0 Å². The number of fused-ring (bicyclic) bond motifs is 1. The number of thiazole rings is 1. The van der Waals surface area contributed by atoms with Gasteiger partial charge < -0.3 is 0 Å². The van der Waals surface area contributed by atoms with Gasteiger partial charge >= 0.3 is 0 Å². The first kappa shape index (κ1) is 18.1. The molecule has 4 aromatic rings. The fourth-order valence-electron chi connectivity index (χ4n) is 2.87. The number of aryl methyl sites for hydroxylation is 1. The van der Waals surface area contributed by atoms with Crippen LogP contribution in [0.1, 0.15) is 21.5 Å². The monoisotopic (exact) mass is 485 g/mol. The van der Waals surface area contributed by atoms with Crippen LogP contribution >= 0.6 is 33.9 Å². The number of aromatic nitrogens is 2. The van der Waals surface area contributed by atoms with E-state index in [1.165, 1.54) is 11.3 Å². The molecule has 0 atom stereocenters. The molecule has 0 N–H and O–H groups in total. The van der Waals surface area contributed by atoms with Crippen molar-refractivity contribution in [2.45, 2.75) is 13.5 Å². The lowest BCUT2D eigenvalue weighted by Gasteiger charge is -2.20. The number of halogens is 1. The Morgan fingerprint density at radius 1 is 1.11 bits per heavy atom. The Balaban J connectivity index is 1.81. The summed E-state index contributed by atoms with van der Waals surface area (Å²) in [6, 6.07) is 17.6. The zero-order chi connectivity index (χ0) is 18.8. The zero-order valence-corrected chi connectivity index (χ0v) is 17.6. The Bertz CT molecular complexity index is 1110. The van der Waals surface area contributed by atoms with Crippen LogP contribution < -0.4 is 4.90 Å². The van der Waals surface area contributed by atoms with E-state index < -0.39 is 0 Å². The predicted molar refractivity (Wildman–Crippen MR) is 118 cm³/mol. The van der Waals surface area contributed by atoms with Gasteiger partial charge in [0.25, 0.3) is 5.91 Å². The fraction of sp³-hybridized carbons (Fsp3) is 0.0952. The smallest absolute Gasteiger partial charge is 0.261 e. The molecule has 0 saturated carbocycles. The second-order valence-corrected chi connectivity index (χ2v) is 8.32. The van der Waals surface area contributed by atoms with Crippen LogP contribution in [0.4, 0.5) is 5.13 Å². The lowest BCUT2D eigenvalue weighted by molar-refractivity contribution is 0.0984. The molecule has 1 amide bonds. The lowest BCUT2D eigenvalue weighted by atomic mass is 10.2. The van der Waals surface area contributed by atoms with Gasteiger partial charge in [0.15, 0.2) is 5.13 Å². The minimum atomic E-state index is -0.0550. The molecule has 2 aromatic heterocycles. The van der Waals surface area contributed by atoms with Gasteiger partial charge in [0, 0.05) is 16.0 Å². The van der Waals surface area contributed by atoms with E-state index in [0.29, 0.717) is 17.2 Å². The number of rotatable bonds is 4. The fourth-order valence-corrected chi connectivity index (χ4v) is 4.53. The van der Waals surface area contributed by atoms with Crippen molar-refractivity contribution in [2.75, 3.05) is 4.90 Å². The van der Waals surface area contributed by atoms with E-state index in [0.717, 1.165) is 24.9 Å². The SMILES string of the molecule is Cc1cccc2sc(N(Cc3cccnc3)C(=O)c3ccccc3I)nc12. The number of anilines is 1. The van der Waals surface area contributed by atoms with Crippen molar-refractivity contribution in [1.82, 2.24) is 9.97 Å². The van der Waals surface area contributed by atoms with E-state index in [-0.39, 0.29) is 5.91 Å². The van der Waals surface area contributed by atoms with E-state index in [9.17, 15) is 4.79 Å². The summed E-state index contributed by atoms with van der Waals surface area (Å²) in [6.07, 6.45) is 3.52. The summed E-state index contributed by atoms with van der Waals surface area (Å²) in [7, 11) is 0. The molecule has 0 fully saturated rings. The molecule has 134 valence electrons. The van der Waals surface area contributed by atoms with Gasteiger partial charge in [-0.1, -0.05) is 41.7 Å². The highest BCUT2D eigenvalue weighted by molar-refractivity contribution is 14.1. The second kappa shape index (κ2) is 7.74. The molecular formula is C21H16IN3OS. The van der Waals surface area contributed by atoms with Gasteiger partial charge in [-0.3, -0.25) is 14.7 Å². The van der Waals surface area contributed by atoms with Crippen LogP contribution in [0.3, 0.4) is 0 Å². The highest BCUT2D eigenvalue weighted by Crippen LogP contribution is 2.32. The number of hydrogen-bond donors (Lipinski definition) is 0. The Kier molecular flexibility index (Phi) is 5.18. The third-order valence-corrected chi connectivity index (χ3v) is 6.24. The van der Waals surface area contributed by atoms with Crippen LogP contribution in [0.5, 0.6) is 0 Å². The van der Waals surface area contributed by atoms with Gasteiger partial charge in [0.2, 0.25) is 0 Å². The largest absolute Gasteiger partial charge is 0.279 e. The van der Waals surface area contributed by atoms with Gasteiger partial charge in [-0.2, -0.15) is 0 Å². The maximum absolute atomic E-state index is 13.4. The molecule has 0 bridgehead atoms. The molecule has 0 spiro atoms. The predicted octanol–water partition coefficient (Wildman–Crippen LogP) is 5.45. The standard InChI is InChI=1S/C21H16IN3OS/c1-14-6-4-10-18-19(14)24-21(27-18)25(13-15-7-5-11-23-12-15)20(26)16-8-2-3-9-17(16)22/h2-12H,13H2,1H3. The maximum Gasteiger partial charge on any atom is 0.261 e. The molecule has 2 aromatic carbocycles. The number of hydrogen-bond acceptors (Lipinski definition) is 4.